The van der Waals surface area contributed by atoms with Crippen LogP contribution in [0.5, 0.6) is 11.5 Å². The third-order valence-corrected chi connectivity index (χ3v) is 15.5. The smallest absolute Gasteiger partial charge is 0.341 e. The van der Waals surface area contributed by atoms with Crippen molar-refractivity contribution in [3.8, 4) is 90.9 Å². The molecule has 0 amide bonds. The molecule has 9 aromatic carbocycles. The van der Waals surface area contributed by atoms with Gasteiger partial charge in [0.2, 0.25) is 0 Å². The SMILES string of the molecule is CC#Cc1ccc2c(c1)nc(-c1ccccc1-c1ccc(C)cc1C)n2CC.CCn1c(-c2ccccc2-c2ccc(C)cc2C)nc2cc(OC)ccc21.CCn1c(-c2ccccc2-c2ccc(C)cc2C)nc2cc(OCC(=O)O)ccc21. The number of carboxylic acid groups (broad SMARTS) is 1. The first-order chi connectivity index (χ1) is 41.2. The summed E-state index contributed by atoms with van der Waals surface area (Å²) in [4.78, 5) is 25.7. The molecule has 0 saturated carbocycles. The lowest BCUT2D eigenvalue weighted by atomic mass is 9.94. The Morgan fingerprint density at radius 3 is 1.14 bits per heavy atom. The highest BCUT2D eigenvalue weighted by molar-refractivity contribution is 5.91. The van der Waals surface area contributed by atoms with Gasteiger partial charge in [-0.2, -0.15) is 0 Å². The Morgan fingerprint density at radius 2 is 0.788 bits per heavy atom. The normalized spacial score (nSPS) is 11.0. The maximum Gasteiger partial charge on any atom is 0.341 e. The number of fused-ring (bicyclic) bond motifs is 3. The Kier molecular flexibility index (Phi) is 17.6. The molecule has 0 unspecified atom stereocenters. The predicted octanol–water partition coefficient (Wildman–Crippen LogP) is 17.9. The van der Waals surface area contributed by atoms with Crippen LogP contribution in [0.1, 0.15) is 66.6 Å². The number of ether oxygens (including phenoxy) is 2. The minimum atomic E-state index is -1.00. The maximum atomic E-state index is 10.8. The van der Waals surface area contributed by atoms with Crippen LogP contribution in [-0.4, -0.2) is 53.4 Å². The molecule has 0 radical (unpaired) electrons. The molecule has 3 heterocycles. The average Bonchev–Trinajstić information content (AvgIpc) is 2.18. The molecule has 12 aromatic rings. The number of rotatable bonds is 13. The second-order valence-corrected chi connectivity index (χ2v) is 21.4. The Labute approximate surface area is 499 Å². The largest absolute Gasteiger partial charge is 0.497 e. The van der Waals surface area contributed by atoms with Gasteiger partial charge in [-0.1, -0.05) is 150 Å². The topological polar surface area (TPSA) is 109 Å². The molecule has 0 atom stereocenters. The Hall–Kier alpha value is -9.98. The molecule has 0 spiro atoms. The van der Waals surface area contributed by atoms with Gasteiger partial charge in [0, 0.05) is 54.0 Å². The van der Waals surface area contributed by atoms with Crippen molar-refractivity contribution in [1.82, 2.24) is 28.7 Å². The lowest BCUT2D eigenvalue weighted by Gasteiger charge is -2.14. The van der Waals surface area contributed by atoms with E-state index in [9.17, 15) is 4.79 Å². The number of aromatic nitrogens is 6. The van der Waals surface area contributed by atoms with Crippen molar-refractivity contribution in [2.75, 3.05) is 13.7 Å². The van der Waals surface area contributed by atoms with E-state index in [0.29, 0.717) is 5.75 Å². The lowest BCUT2D eigenvalue weighted by molar-refractivity contribution is -0.139. The molecule has 0 saturated heterocycles. The summed E-state index contributed by atoms with van der Waals surface area (Å²) in [7, 11) is 1.69. The second-order valence-electron chi connectivity index (χ2n) is 21.4. The molecule has 0 aliphatic rings. The van der Waals surface area contributed by atoms with Crippen molar-refractivity contribution in [2.45, 2.75) is 88.9 Å². The zero-order valence-electron chi connectivity index (χ0n) is 50.5. The van der Waals surface area contributed by atoms with Crippen LogP contribution in [-0.2, 0) is 24.4 Å². The van der Waals surface area contributed by atoms with Gasteiger partial charge in [0.25, 0.3) is 0 Å². The molecule has 12 rings (SSSR count). The van der Waals surface area contributed by atoms with Crippen LogP contribution in [0, 0.1) is 53.4 Å². The molecule has 3 aromatic heterocycles. The Bertz CT molecular complexity index is 4510. The highest BCUT2D eigenvalue weighted by Gasteiger charge is 2.21. The Balaban J connectivity index is 0.000000142. The fraction of sp³-hybridized carbons (Fsp3) is 0.200. The number of carboxylic acids is 1. The van der Waals surface area contributed by atoms with Gasteiger partial charge in [0.15, 0.2) is 6.61 Å². The lowest BCUT2D eigenvalue weighted by Crippen LogP contribution is -2.09. The molecule has 10 nitrogen and oxygen atoms in total. The predicted molar refractivity (Wildman–Crippen MR) is 349 cm³/mol. The monoisotopic (exact) mass is 1120 g/mol. The van der Waals surface area contributed by atoms with E-state index in [4.69, 9.17) is 29.5 Å². The number of nitrogens with zero attached hydrogens (tertiary/aromatic N) is 6. The number of benzene rings is 9. The summed E-state index contributed by atoms with van der Waals surface area (Å²) in [6.45, 7) is 23.3. The summed E-state index contributed by atoms with van der Waals surface area (Å²) >= 11 is 0. The van der Waals surface area contributed by atoms with Crippen LogP contribution in [0.25, 0.3) is 101 Å². The maximum absolute atomic E-state index is 10.8. The van der Waals surface area contributed by atoms with Gasteiger partial charge in [0.05, 0.1) is 40.2 Å². The van der Waals surface area contributed by atoms with Gasteiger partial charge in [0.1, 0.15) is 29.0 Å². The number of hydrogen-bond donors (Lipinski definition) is 1. The summed E-state index contributed by atoms with van der Waals surface area (Å²) in [5.41, 5.74) is 25.3. The van der Waals surface area contributed by atoms with Crippen molar-refractivity contribution in [1.29, 1.82) is 0 Å². The number of imidazole rings is 3. The molecule has 0 bridgehead atoms. The van der Waals surface area contributed by atoms with Crippen molar-refractivity contribution in [3.63, 3.8) is 0 Å². The van der Waals surface area contributed by atoms with Gasteiger partial charge in [-0.05, 0) is 162 Å². The van der Waals surface area contributed by atoms with E-state index in [1.807, 2.05) is 31.2 Å². The van der Waals surface area contributed by atoms with Crippen molar-refractivity contribution < 1.29 is 19.4 Å². The highest BCUT2D eigenvalue weighted by atomic mass is 16.5. The van der Waals surface area contributed by atoms with Crippen LogP contribution in [0.4, 0.5) is 0 Å². The molecule has 0 aliphatic heterocycles. The van der Waals surface area contributed by atoms with Crippen LogP contribution < -0.4 is 9.47 Å². The zero-order valence-corrected chi connectivity index (χ0v) is 50.5. The zero-order chi connectivity index (χ0) is 59.9. The summed E-state index contributed by atoms with van der Waals surface area (Å²) < 4.78 is 17.5. The van der Waals surface area contributed by atoms with Crippen molar-refractivity contribution >= 4 is 39.1 Å². The molecule has 0 aliphatic carbocycles. The third-order valence-electron chi connectivity index (χ3n) is 15.5. The molecule has 426 valence electrons. The van der Waals surface area contributed by atoms with E-state index in [1.54, 1.807) is 19.2 Å². The van der Waals surface area contributed by atoms with E-state index >= 15 is 0 Å². The number of aliphatic carboxylic acids is 1. The fourth-order valence-electron chi connectivity index (χ4n) is 11.6. The third kappa shape index (κ3) is 12.3. The van der Waals surface area contributed by atoms with Crippen molar-refractivity contribution in [3.05, 3.63) is 221 Å². The van der Waals surface area contributed by atoms with Crippen LogP contribution in [0.2, 0.25) is 0 Å². The first kappa shape index (κ1) is 58.2. The van der Waals surface area contributed by atoms with Crippen LogP contribution in [0.3, 0.4) is 0 Å². The first-order valence-corrected chi connectivity index (χ1v) is 29.0. The molecule has 0 fully saturated rings. The highest BCUT2D eigenvalue weighted by Crippen LogP contribution is 2.39. The first-order valence-electron chi connectivity index (χ1n) is 29.0. The number of aryl methyl sites for hydroxylation is 9. The Morgan fingerprint density at radius 1 is 0.435 bits per heavy atom. The fourth-order valence-corrected chi connectivity index (χ4v) is 11.6. The second kappa shape index (κ2) is 25.7. The minimum Gasteiger partial charge on any atom is -0.497 e. The molecule has 10 heteroatoms. The molecular formula is C75H72N6O4. The minimum absolute atomic E-state index is 0.373. The molecule has 1 N–H and O–H groups in total. The van der Waals surface area contributed by atoms with E-state index in [0.717, 1.165) is 104 Å². The summed E-state index contributed by atoms with van der Waals surface area (Å²) in [5, 5.41) is 8.86. The van der Waals surface area contributed by atoms with Crippen LogP contribution >= 0.6 is 0 Å². The number of hydrogen-bond acceptors (Lipinski definition) is 6. The van der Waals surface area contributed by atoms with Gasteiger partial charge in [-0.15, -0.1) is 5.92 Å². The standard InChI is InChI=1S/C26H24N2.C25H24N2O3.C24H24N2O/c1-5-9-20-13-15-25-24(17-20)27-26(28(25)6-2)23-11-8-7-10-22(23)21-14-12-18(3)16-19(21)4;1-4-27-23-12-10-18(30-15-24(28)29)14-22(23)26-25(27)21-8-6-5-7-20(21)19-11-9-16(2)13-17(19)3;1-5-26-23-13-11-18(27-4)15-22(23)25-24(26)21-9-7-6-8-20(21)19-12-10-16(2)14-17(19)3/h7-8,10-17H,6H2,1-4H3;5-14H,4,15H2,1-3H3,(H,28,29);6-15H,5H2,1-4H3. The average molecular weight is 1120 g/mol. The van der Waals surface area contributed by atoms with Gasteiger partial charge in [-0.3, -0.25) is 0 Å². The summed E-state index contributed by atoms with van der Waals surface area (Å²) in [5.74, 6) is 9.33. The summed E-state index contributed by atoms with van der Waals surface area (Å²) in [6.07, 6.45) is 0. The molecule has 85 heavy (non-hydrogen) atoms. The van der Waals surface area contributed by atoms with E-state index in [-0.39, 0.29) is 6.61 Å². The van der Waals surface area contributed by atoms with Gasteiger partial charge in [-0.25, -0.2) is 19.7 Å². The van der Waals surface area contributed by atoms with Gasteiger partial charge < -0.3 is 28.3 Å². The van der Waals surface area contributed by atoms with E-state index in [1.165, 1.54) is 61.2 Å². The molecular weight excluding hydrogens is 1050 g/mol. The number of methoxy groups -OCH3 is 1. The van der Waals surface area contributed by atoms with E-state index in [2.05, 4.69) is 233 Å². The van der Waals surface area contributed by atoms with Crippen LogP contribution in [0.15, 0.2) is 182 Å². The van der Waals surface area contributed by atoms with E-state index < -0.39 is 5.97 Å². The quantitative estimate of drug-likeness (QED) is 0.115. The number of carbonyl (C=O) groups is 1. The van der Waals surface area contributed by atoms with Gasteiger partial charge >= 0.3 is 5.97 Å². The summed E-state index contributed by atoms with van der Waals surface area (Å²) in [6, 6.07) is 63.1. The van der Waals surface area contributed by atoms with Crippen molar-refractivity contribution in [2.24, 2.45) is 0 Å².